The van der Waals surface area contributed by atoms with Crippen LogP contribution in [0.4, 0.5) is 20.2 Å². The molecule has 0 aliphatic heterocycles. The largest absolute Gasteiger partial charge is 0.398 e. The summed E-state index contributed by atoms with van der Waals surface area (Å²) in [6, 6.07) is 3.83. The first-order valence-corrected chi connectivity index (χ1v) is 7.06. The predicted octanol–water partition coefficient (Wildman–Crippen LogP) is 2.41. The molecule has 4 nitrogen and oxygen atoms in total. The molecule has 8 heteroatoms. The van der Waals surface area contributed by atoms with Crippen molar-refractivity contribution in [3.63, 3.8) is 0 Å². The molecule has 96 valence electrons. The van der Waals surface area contributed by atoms with Crippen molar-refractivity contribution >= 4 is 32.7 Å². The first kappa shape index (κ1) is 12.8. The number of rotatable bonds is 3. The average molecular weight is 290 g/mol. The van der Waals surface area contributed by atoms with Crippen LogP contribution in [0.1, 0.15) is 0 Å². The van der Waals surface area contributed by atoms with Gasteiger partial charge in [-0.05, 0) is 18.2 Å². The molecule has 0 aliphatic rings. The summed E-state index contributed by atoms with van der Waals surface area (Å²) < 4.78 is 51.6. The van der Waals surface area contributed by atoms with Crippen LogP contribution in [-0.2, 0) is 10.0 Å². The maximum absolute atomic E-state index is 13.3. The molecule has 0 amide bonds. The highest BCUT2D eigenvalue weighted by Gasteiger charge is 2.18. The van der Waals surface area contributed by atoms with Gasteiger partial charge in [0.1, 0.15) is 15.8 Å². The average Bonchev–Trinajstić information content (AvgIpc) is 2.70. The van der Waals surface area contributed by atoms with Crippen LogP contribution in [-0.4, -0.2) is 8.42 Å². The number of anilines is 2. The normalized spacial score (nSPS) is 11.4. The number of nitrogens with two attached hydrogens (primary N) is 1. The Morgan fingerprint density at radius 2 is 1.94 bits per heavy atom. The highest BCUT2D eigenvalue weighted by Crippen LogP contribution is 2.25. The van der Waals surface area contributed by atoms with Crippen molar-refractivity contribution in [1.82, 2.24) is 0 Å². The SMILES string of the molecule is Nc1csc(S(=O)(=O)Nc2ccc(F)cc2F)c1. The van der Waals surface area contributed by atoms with Gasteiger partial charge >= 0.3 is 0 Å². The summed E-state index contributed by atoms with van der Waals surface area (Å²) in [5.74, 6) is -1.76. The second-order valence-electron chi connectivity index (χ2n) is 3.43. The van der Waals surface area contributed by atoms with Gasteiger partial charge in [-0.15, -0.1) is 11.3 Å². The summed E-state index contributed by atoms with van der Waals surface area (Å²) in [7, 11) is -3.90. The Morgan fingerprint density at radius 1 is 1.22 bits per heavy atom. The van der Waals surface area contributed by atoms with E-state index in [0.717, 1.165) is 23.5 Å². The van der Waals surface area contributed by atoms with Gasteiger partial charge in [0.15, 0.2) is 0 Å². The van der Waals surface area contributed by atoms with Crippen molar-refractivity contribution in [3.05, 3.63) is 41.3 Å². The Bertz CT molecular complexity index is 683. The molecule has 1 aromatic heterocycles. The zero-order valence-electron chi connectivity index (χ0n) is 8.85. The lowest BCUT2D eigenvalue weighted by Crippen LogP contribution is -2.12. The van der Waals surface area contributed by atoms with Crippen LogP contribution in [0.2, 0.25) is 0 Å². The summed E-state index contributed by atoms with van der Waals surface area (Å²) in [5, 5.41) is 1.45. The summed E-state index contributed by atoms with van der Waals surface area (Å²) in [6.07, 6.45) is 0. The van der Waals surface area contributed by atoms with E-state index in [0.29, 0.717) is 11.8 Å². The van der Waals surface area contributed by atoms with E-state index in [1.807, 2.05) is 4.72 Å². The number of sulfonamides is 1. The van der Waals surface area contributed by atoms with E-state index in [4.69, 9.17) is 5.73 Å². The summed E-state index contributed by atoms with van der Waals surface area (Å²) in [4.78, 5) is 0. The Balaban J connectivity index is 2.33. The highest BCUT2D eigenvalue weighted by atomic mass is 32.2. The molecule has 0 bridgehead atoms. The Kier molecular flexibility index (Phi) is 3.22. The number of hydrogen-bond acceptors (Lipinski definition) is 4. The Labute approximate surface area is 106 Å². The van der Waals surface area contributed by atoms with Gasteiger partial charge in [0.2, 0.25) is 0 Å². The molecule has 2 aromatic rings. The molecule has 2 rings (SSSR count). The minimum Gasteiger partial charge on any atom is -0.398 e. The second kappa shape index (κ2) is 4.54. The molecule has 0 aliphatic carbocycles. The second-order valence-corrected chi connectivity index (χ2v) is 6.25. The Hall–Kier alpha value is -1.67. The maximum atomic E-state index is 13.3. The van der Waals surface area contributed by atoms with Crippen molar-refractivity contribution in [2.24, 2.45) is 0 Å². The van der Waals surface area contributed by atoms with Gasteiger partial charge in [0, 0.05) is 17.1 Å². The van der Waals surface area contributed by atoms with Gasteiger partial charge in [-0.25, -0.2) is 17.2 Å². The molecule has 0 atom stereocenters. The molecule has 0 saturated carbocycles. The third kappa shape index (κ3) is 2.59. The molecule has 18 heavy (non-hydrogen) atoms. The number of nitrogen functional groups attached to an aromatic ring is 1. The summed E-state index contributed by atoms with van der Waals surface area (Å²) in [5.41, 5.74) is 5.40. The molecule has 3 N–H and O–H groups in total. The molecule has 0 fully saturated rings. The van der Waals surface area contributed by atoms with E-state index in [2.05, 4.69) is 0 Å². The molecule has 0 unspecified atom stereocenters. The van der Waals surface area contributed by atoms with Crippen LogP contribution in [0.25, 0.3) is 0 Å². The van der Waals surface area contributed by atoms with Crippen LogP contribution in [0.5, 0.6) is 0 Å². The highest BCUT2D eigenvalue weighted by molar-refractivity contribution is 7.94. The zero-order chi connectivity index (χ0) is 13.3. The van der Waals surface area contributed by atoms with Crippen molar-refractivity contribution < 1.29 is 17.2 Å². The first-order chi connectivity index (χ1) is 8.38. The van der Waals surface area contributed by atoms with Crippen molar-refractivity contribution in [2.45, 2.75) is 4.21 Å². The number of thiophene rings is 1. The number of benzene rings is 1. The zero-order valence-corrected chi connectivity index (χ0v) is 10.5. The van der Waals surface area contributed by atoms with E-state index >= 15 is 0 Å². The van der Waals surface area contributed by atoms with Gasteiger partial charge < -0.3 is 5.73 Å². The molecular weight excluding hydrogens is 282 g/mol. The fourth-order valence-electron chi connectivity index (χ4n) is 1.24. The molecular formula is C10H8F2N2O2S2. The maximum Gasteiger partial charge on any atom is 0.271 e. The molecule has 0 spiro atoms. The van der Waals surface area contributed by atoms with Gasteiger partial charge in [-0.3, -0.25) is 4.72 Å². The monoisotopic (exact) mass is 290 g/mol. The van der Waals surface area contributed by atoms with Crippen molar-refractivity contribution in [1.29, 1.82) is 0 Å². The fraction of sp³-hybridized carbons (Fsp3) is 0. The molecule has 0 saturated heterocycles. The lowest BCUT2D eigenvalue weighted by molar-refractivity contribution is 0.583. The smallest absolute Gasteiger partial charge is 0.271 e. The number of hydrogen-bond donors (Lipinski definition) is 2. The quantitative estimate of drug-likeness (QED) is 0.911. The van der Waals surface area contributed by atoms with Crippen LogP contribution < -0.4 is 10.5 Å². The van der Waals surface area contributed by atoms with Gasteiger partial charge in [-0.2, -0.15) is 0 Å². The van der Waals surface area contributed by atoms with E-state index < -0.39 is 21.7 Å². The topological polar surface area (TPSA) is 72.2 Å². The lowest BCUT2D eigenvalue weighted by Gasteiger charge is -2.06. The molecule has 1 aromatic carbocycles. The van der Waals surface area contributed by atoms with Crippen molar-refractivity contribution in [3.8, 4) is 0 Å². The lowest BCUT2D eigenvalue weighted by atomic mass is 10.3. The third-order valence-electron chi connectivity index (χ3n) is 2.04. The minimum atomic E-state index is -3.90. The third-order valence-corrected chi connectivity index (χ3v) is 4.86. The van der Waals surface area contributed by atoms with E-state index in [1.165, 1.54) is 11.4 Å². The van der Waals surface area contributed by atoms with Crippen LogP contribution in [0.3, 0.4) is 0 Å². The predicted molar refractivity (Wildman–Crippen MR) is 65.9 cm³/mol. The van der Waals surface area contributed by atoms with Crippen LogP contribution in [0.15, 0.2) is 33.9 Å². The summed E-state index contributed by atoms with van der Waals surface area (Å²) in [6.45, 7) is 0. The standard InChI is InChI=1S/C10H8F2N2O2S2/c11-6-1-2-9(8(12)3-6)14-18(15,16)10-4-7(13)5-17-10/h1-5,14H,13H2. The fourth-order valence-corrected chi connectivity index (χ4v) is 3.39. The van der Waals surface area contributed by atoms with E-state index in [9.17, 15) is 17.2 Å². The van der Waals surface area contributed by atoms with Crippen LogP contribution in [0, 0.1) is 11.6 Å². The minimum absolute atomic E-state index is 0.0382. The molecule has 0 radical (unpaired) electrons. The Morgan fingerprint density at radius 3 is 2.50 bits per heavy atom. The van der Waals surface area contributed by atoms with Crippen LogP contribution >= 0.6 is 11.3 Å². The molecule has 1 heterocycles. The number of halogens is 2. The van der Waals surface area contributed by atoms with Gasteiger partial charge in [0.25, 0.3) is 10.0 Å². The number of nitrogens with one attached hydrogen (secondary N) is 1. The van der Waals surface area contributed by atoms with Gasteiger partial charge in [-0.1, -0.05) is 0 Å². The summed E-state index contributed by atoms with van der Waals surface area (Å²) >= 11 is 0.913. The van der Waals surface area contributed by atoms with Gasteiger partial charge in [0.05, 0.1) is 5.69 Å². The van der Waals surface area contributed by atoms with E-state index in [1.54, 1.807) is 0 Å². The first-order valence-electron chi connectivity index (χ1n) is 4.70. The van der Waals surface area contributed by atoms with Crippen molar-refractivity contribution in [2.75, 3.05) is 10.5 Å². The van der Waals surface area contributed by atoms with E-state index in [-0.39, 0.29) is 9.90 Å².